The molecule has 0 aliphatic carbocycles. The third kappa shape index (κ3) is 5.36. The number of piperazine rings is 1. The molecule has 0 unspecified atom stereocenters. The second kappa shape index (κ2) is 9.09. The molecule has 2 aliphatic heterocycles. The molecule has 0 bridgehead atoms. The van der Waals surface area contributed by atoms with E-state index in [4.69, 9.17) is 4.74 Å². The number of likely N-dealkylation sites (tertiary alicyclic amines) is 1. The van der Waals surface area contributed by atoms with Crippen LogP contribution in [0.15, 0.2) is 24.3 Å². The Bertz CT molecular complexity index is 532. The molecule has 5 heteroatoms. The molecule has 1 amide bonds. The van der Waals surface area contributed by atoms with Crippen LogP contribution in [0.5, 0.6) is 5.75 Å². The first-order valence-corrected chi connectivity index (χ1v) is 9.68. The quantitative estimate of drug-likeness (QED) is 0.743. The zero-order valence-corrected chi connectivity index (χ0v) is 15.5. The van der Waals surface area contributed by atoms with Gasteiger partial charge < -0.3 is 19.4 Å². The van der Waals surface area contributed by atoms with Crippen molar-refractivity contribution in [1.82, 2.24) is 9.80 Å². The molecule has 2 aliphatic rings. The third-order valence-corrected chi connectivity index (χ3v) is 5.26. The number of benzene rings is 1. The Hall–Kier alpha value is -1.75. The van der Waals surface area contributed by atoms with Crippen molar-refractivity contribution in [1.29, 1.82) is 0 Å². The van der Waals surface area contributed by atoms with Crippen molar-refractivity contribution < 1.29 is 9.53 Å². The lowest BCUT2D eigenvalue weighted by Gasteiger charge is -2.35. The third-order valence-electron chi connectivity index (χ3n) is 5.26. The zero-order valence-electron chi connectivity index (χ0n) is 15.5. The molecular formula is C20H31N3O2. The number of ether oxygens (including phenoxy) is 1. The van der Waals surface area contributed by atoms with Gasteiger partial charge in [0, 0.05) is 45.3 Å². The van der Waals surface area contributed by atoms with E-state index >= 15 is 0 Å². The van der Waals surface area contributed by atoms with Gasteiger partial charge in [-0.2, -0.15) is 0 Å². The van der Waals surface area contributed by atoms with Crippen LogP contribution in [-0.2, 0) is 4.79 Å². The zero-order chi connectivity index (χ0) is 17.5. The number of carbonyl (C=O) groups is 1. The van der Waals surface area contributed by atoms with Crippen molar-refractivity contribution in [2.24, 2.45) is 0 Å². The number of hydrogen-bond donors (Lipinski definition) is 0. The lowest BCUT2D eigenvalue weighted by atomic mass is 10.1. The molecule has 0 radical (unpaired) electrons. The number of hydrogen-bond acceptors (Lipinski definition) is 4. The summed E-state index contributed by atoms with van der Waals surface area (Å²) in [6.45, 7) is 9.51. The minimum absolute atomic E-state index is 0.174. The minimum atomic E-state index is 0.174. The maximum absolute atomic E-state index is 11.4. The van der Waals surface area contributed by atoms with Gasteiger partial charge in [-0.25, -0.2) is 0 Å². The monoisotopic (exact) mass is 345 g/mol. The fourth-order valence-corrected chi connectivity index (χ4v) is 3.69. The smallest absolute Gasteiger partial charge is 0.219 e. The van der Waals surface area contributed by atoms with Crippen LogP contribution in [0, 0.1) is 0 Å². The van der Waals surface area contributed by atoms with Gasteiger partial charge in [-0.05, 0) is 56.6 Å². The van der Waals surface area contributed by atoms with Crippen molar-refractivity contribution in [3.63, 3.8) is 0 Å². The average Bonchev–Trinajstić information content (AvgIpc) is 2.67. The van der Waals surface area contributed by atoms with Gasteiger partial charge in [0.25, 0.3) is 0 Å². The molecule has 2 saturated heterocycles. The summed E-state index contributed by atoms with van der Waals surface area (Å²) in [5, 5.41) is 0. The first-order chi connectivity index (χ1) is 12.2. The van der Waals surface area contributed by atoms with Gasteiger partial charge >= 0.3 is 0 Å². The number of nitrogens with zero attached hydrogens (tertiary/aromatic N) is 3. The first-order valence-electron chi connectivity index (χ1n) is 9.68. The summed E-state index contributed by atoms with van der Waals surface area (Å²) >= 11 is 0. The lowest BCUT2D eigenvalue weighted by Crippen LogP contribution is -2.48. The Balaban J connectivity index is 1.38. The highest BCUT2D eigenvalue weighted by Gasteiger charge is 2.18. The average molecular weight is 345 g/mol. The molecule has 0 atom stereocenters. The maximum atomic E-state index is 11.4. The second-order valence-electron chi connectivity index (χ2n) is 7.09. The van der Waals surface area contributed by atoms with Crippen LogP contribution in [-0.4, -0.2) is 68.1 Å². The van der Waals surface area contributed by atoms with Crippen LogP contribution in [0.4, 0.5) is 5.69 Å². The van der Waals surface area contributed by atoms with Gasteiger partial charge in [-0.1, -0.05) is 6.42 Å². The van der Waals surface area contributed by atoms with Crippen molar-refractivity contribution in [2.75, 3.05) is 57.3 Å². The van der Waals surface area contributed by atoms with Crippen LogP contribution in [0.3, 0.4) is 0 Å². The maximum Gasteiger partial charge on any atom is 0.219 e. The predicted molar refractivity (Wildman–Crippen MR) is 101 cm³/mol. The van der Waals surface area contributed by atoms with Crippen molar-refractivity contribution in [3.05, 3.63) is 24.3 Å². The van der Waals surface area contributed by atoms with Gasteiger partial charge in [0.1, 0.15) is 5.75 Å². The van der Waals surface area contributed by atoms with E-state index in [1.165, 1.54) is 38.0 Å². The van der Waals surface area contributed by atoms with E-state index in [2.05, 4.69) is 34.1 Å². The molecule has 5 nitrogen and oxygen atoms in total. The Labute approximate surface area is 151 Å². The van der Waals surface area contributed by atoms with Crippen LogP contribution >= 0.6 is 0 Å². The summed E-state index contributed by atoms with van der Waals surface area (Å²) < 4.78 is 5.89. The van der Waals surface area contributed by atoms with E-state index in [-0.39, 0.29) is 5.91 Å². The summed E-state index contributed by atoms with van der Waals surface area (Å²) in [5.74, 6) is 1.12. The molecule has 2 fully saturated rings. The highest BCUT2D eigenvalue weighted by Crippen LogP contribution is 2.21. The lowest BCUT2D eigenvalue weighted by molar-refractivity contribution is -0.129. The fourth-order valence-electron chi connectivity index (χ4n) is 3.69. The first kappa shape index (κ1) is 18.1. The summed E-state index contributed by atoms with van der Waals surface area (Å²) in [6.07, 6.45) is 5.18. The molecule has 1 aromatic carbocycles. The Morgan fingerprint density at radius 2 is 1.64 bits per heavy atom. The Morgan fingerprint density at radius 3 is 2.28 bits per heavy atom. The summed E-state index contributed by atoms with van der Waals surface area (Å²) in [6, 6.07) is 8.38. The molecule has 0 saturated carbocycles. The standard InChI is InChI=1S/C20H31N3O2/c1-18(24)22-13-15-23(16-14-22)19-6-8-20(9-7-19)25-17-5-12-21-10-3-2-4-11-21/h6-9H,2-5,10-17H2,1H3. The van der Waals surface area contributed by atoms with Crippen molar-refractivity contribution in [3.8, 4) is 5.75 Å². The van der Waals surface area contributed by atoms with E-state index in [0.29, 0.717) is 0 Å². The number of carbonyl (C=O) groups excluding carboxylic acids is 1. The Morgan fingerprint density at radius 1 is 0.960 bits per heavy atom. The Kier molecular flexibility index (Phi) is 6.56. The fraction of sp³-hybridized carbons (Fsp3) is 0.650. The van der Waals surface area contributed by atoms with E-state index < -0.39 is 0 Å². The summed E-state index contributed by atoms with van der Waals surface area (Å²) in [4.78, 5) is 18.2. The largest absolute Gasteiger partial charge is 0.494 e. The van der Waals surface area contributed by atoms with E-state index in [1.54, 1.807) is 6.92 Å². The SMILES string of the molecule is CC(=O)N1CCN(c2ccc(OCCCN3CCCCC3)cc2)CC1. The van der Waals surface area contributed by atoms with Crippen LogP contribution < -0.4 is 9.64 Å². The number of anilines is 1. The molecule has 1 aromatic rings. The minimum Gasteiger partial charge on any atom is -0.494 e. The molecule has 0 N–H and O–H groups in total. The van der Waals surface area contributed by atoms with Gasteiger partial charge in [-0.3, -0.25) is 4.79 Å². The summed E-state index contributed by atoms with van der Waals surface area (Å²) in [7, 11) is 0. The van der Waals surface area contributed by atoms with E-state index in [9.17, 15) is 4.79 Å². The van der Waals surface area contributed by atoms with Gasteiger partial charge in [0.2, 0.25) is 5.91 Å². The summed E-state index contributed by atoms with van der Waals surface area (Å²) in [5.41, 5.74) is 1.21. The van der Waals surface area contributed by atoms with E-state index in [0.717, 1.165) is 51.5 Å². The number of piperidine rings is 1. The van der Waals surface area contributed by atoms with Crippen LogP contribution in [0.1, 0.15) is 32.6 Å². The molecular weight excluding hydrogens is 314 g/mol. The van der Waals surface area contributed by atoms with Gasteiger partial charge in [-0.15, -0.1) is 0 Å². The van der Waals surface area contributed by atoms with Gasteiger partial charge in [0.15, 0.2) is 0 Å². The molecule has 25 heavy (non-hydrogen) atoms. The van der Waals surface area contributed by atoms with E-state index in [1.807, 2.05) is 4.90 Å². The highest BCUT2D eigenvalue weighted by molar-refractivity contribution is 5.73. The van der Waals surface area contributed by atoms with Gasteiger partial charge in [0.05, 0.1) is 6.61 Å². The van der Waals surface area contributed by atoms with Crippen LogP contribution in [0.2, 0.25) is 0 Å². The van der Waals surface area contributed by atoms with Crippen LogP contribution in [0.25, 0.3) is 0 Å². The molecule has 3 rings (SSSR count). The highest BCUT2D eigenvalue weighted by atomic mass is 16.5. The normalized spacial score (nSPS) is 19.1. The molecule has 138 valence electrons. The molecule has 2 heterocycles. The van der Waals surface area contributed by atoms with Crippen molar-refractivity contribution in [2.45, 2.75) is 32.6 Å². The number of amides is 1. The van der Waals surface area contributed by atoms with Crippen molar-refractivity contribution >= 4 is 11.6 Å². The molecule has 0 spiro atoms. The second-order valence-corrected chi connectivity index (χ2v) is 7.09. The number of rotatable bonds is 6. The predicted octanol–water partition coefficient (Wildman–Crippen LogP) is 2.61. The molecule has 0 aromatic heterocycles. The topological polar surface area (TPSA) is 36.0 Å².